The van der Waals surface area contributed by atoms with Crippen molar-refractivity contribution >= 4 is 16.9 Å². The fourth-order valence-corrected chi connectivity index (χ4v) is 3.98. The van der Waals surface area contributed by atoms with Gasteiger partial charge in [-0.05, 0) is 51.9 Å². The topological polar surface area (TPSA) is 48.1 Å². The Balaban J connectivity index is 1.79. The highest BCUT2D eigenvalue weighted by atomic mass is 15.3. The highest BCUT2D eigenvalue weighted by molar-refractivity contribution is 5.91. The number of piperidine rings is 1. The van der Waals surface area contributed by atoms with Crippen molar-refractivity contribution in [3.05, 3.63) is 42.2 Å². The standard InChI is InChI=1S/C21H27N5/c1-15-22-19-13-18(16-9-5-4-6-10-16)24-20(19)21(23-15)26-12-8-7-11-17(26)14-25(2)3/h4-6,9-10,13,17,24H,7-8,11-12,14H2,1-3H3. The van der Waals surface area contributed by atoms with Gasteiger partial charge in [0.05, 0.1) is 5.52 Å². The Morgan fingerprint density at radius 1 is 1.15 bits per heavy atom. The number of aromatic nitrogens is 3. The summed E-state index contributed by atoms with van der Waals surface area (Å²) in [5.74, 6) is 1.89. The van der Waals surface area contributed by atoms with Crippen molar-refractivity contribution in [1.82, 2.24) is 19.9 Å². The van der Waals surface area contributed by atoms with Gasteiger partial charge >= 0.3 is 0 Å². The van der Waals surface area contributed by atoms with Gasteiger partial charge in [0.1, 0.15) is 11.3 Å². The third kappa shape index (κ3) is 3.31. The molecule has 1 aliphatic heterocycles. The van der Waals surface area contributed by atoms with E-state index in [0.29, 0.717) is 6.04 Å². The van der Waals surface area contributed by atoms with Crippen molar-refractivity contribution < 1.29 is 0 Å². The molecule has 0 radical (unpaired) electrons. The van der Waals surface area contributed by atoms with Gasteiger partial charge in [-0.1, -0.05) is 30.3 Å². The lowest BCUT2D eigenvalue weighted by molar-refractivity contribution is 0.327. The van der Waals surface area contributed by atoms with E-state index in [1.807, 2.05) is 13.0 Å². The van der Waals surface area contributed by atoms with Gasteiger partial charge in [0, 0.05) is 24.8 Å². The molecule has 1 aromatic carbocycles. The normalized spacial score (nSPS) is 18.0. The van der Waals surface area contributed by atoms with E-state index < -0.39 is 0 Å². The SMILES string of the molecule is Cc1nc(N2CCCCC2CN(C)C)c2[nH]c(-c3ccccc3)cc2n1. The molecule has 1 aliphatic rings. The van der Waals surface area contributed by atoms with Gasteiger partial charge in [0.15, 0.2) is 5.82 Å². The highest BCUT2D eigenvalue weighted by Crippen LogP contribution is 2.32. The summed E-state index contributed by atoms with van der Waals surface area (Å²) in [6, 6.07) is 13.1. The quantitative estimate of drug-likeness (QED) is 0.777. The smallest absolute Gasteiger partial charge is 0.157 e. The van der Waals surface area contributed by atoms with Crippen LogP contribution in [0.1, 0.15) is 25.1 Å². The van der Waals surface area contributed by atoms with Crippen molar-refractivity contribution in [2.75, 3.05) is 32.1 Å². The molecular formula is C21H27N5. The van der Waals surface area contributed by atoms with Crippen LogP contribution in [0, 0.1) is 6.92 Å². The van der Waals surface area contributed by atoms with E-state index in [4.69, 9.17) is 4.98 Å². The summed E-state index contributed by atoms with van der Waals surface area (Å²) < 4.78 is 0. The molecule has 4 rings (SSSR count). The number of hydrogen-bond donors (Lipinski definition) is 1. The van der Waals surface area contributed by atoms with Crippen molar-refractivity contribution in [1.29, 1.82) is 0 Å². The molecule has 0 amide bonds. The van der Waals surface area contributed by atoms with E-state index in [-0.39, 0.29) is 0 Å². The summed E-state index contributed by atoms with van der Waals surface area (Å²) in [7, 11) is 4.30. The van der Waals surface area contributed by atoms with Gasteiger partial charge in [-0.3, -0.25) is 0 Å². The molecular weight excluding hydrogens is 322 g/mol. The molecule has 0 spiro atoms. The highest BCUT2D eigenvalue weighted by Gasteiger charge is 2.26. The number of nitrogens with one attached hydrogen (secondary N) is 1. The number of anilines is 1. The maximum absolute atomic E-state index is 4.85. The number of H-pyrrole nitrogens is 1. The van der Waals surface area contributed by atoms with Crippen molar-refractivity contribution in [3.8, 4) is 11.3 Å². The van der Waals surface area contributed by atoms with Gasteiger partial charge in [0.2, 0.25) is 0 Å². The second-order valence-corrected chi connectivity index (χ2v) is 7.51. The number of aryl methyl sites for hydroxylation is 1. The predicted molar refractivity (Wildman–Crippen MR) is 108 cm³/mol. The molecule has 26 heavy (non-hydrogen) atoms. The first-order chi connectivity index (χ1) is 12.6. The Morgan fingerprint density at radius 2 is 1.96 bits per heavy atom. The molecule has 0 aliphatic carbocycles. The van der Waals surface area contributed by atoms with Gasteiger partial charge in [-0.25, -0.2) is 9.97 Å². The van der Waals surface area contributed by atoms with Crippen LogP contribution in [-0.4, -0.2) is 53.1 Å². The van der Waals surface area contributed by atoms with Crippen LogP contribution >= 0.6 is 0 Å². The van der Waals surface area contributed by atoms with Crippen molar-refractivity contribution in [2.45, 2.75) is 32.2 Å². The lowest BCUT2D eigenvalue weighted by Gasteiger charge is -2.38. The average molecular weight is 349 g/mol. The molecule has 1 unspecified atom stereocenters. The molecule has 0 bridgehead atoms. The number of benzene rings is 1. The van der Waals surface area contributed by atoms with Gasteiger partial charge < -0.3 is 14.8 Å². The third-order valence-corrected chi connectivity index (χ3v) is 5.13. The second-order valence-electron chi connectivity index (χ2n) is 7.51. The van der Waals surface area contributed by atoms with Crippen LogP contribution in [0.2, 0.25) is 0 Å². The Hall–Kier alpha value is -2.40. The Kier molecular flexibility index (Phi) is 4.64. The first-order valence-electron chi connectivity index (χ1n) is 9.46. The molecule has 0 saturated carbocycles. The Labute approximate surface area is 155 Å². The van der Waals surface area contributed by atoms with Gasteiger partial charge in [-0.15, -0.1) is 0 Å². The molecule has 2 aromatic heterocycles. The fourth-order valence-electron chi connectivity index (χ4n) is 3.98. The van der Waals surface area contributed by atoms with Crippen molar-refractivity contribution in [2.24, 2.45) is 0 Å². The maximum Gasteiger partial charge on any atom is 0.157 e. The Morgan fingerprint density at radius 3 is 2.73 bits per heavy atom. The summed E-state index contributed by atoms with van der Waals surface area (Å²) in [6.07, 6.45) is 3.73. The largest absolute Gasteiger partial charge is 0.350 e. The van der Waals surface area contributed by atoms with Gasteiger partial charge in [0.25, 0.3) is 0 Å². The number of aromatic amines is 1. The lowest BCUT2D eigenvalue weighted by atomic mass is 10.0. The molecule has 3 heterocycles. The minimum atomic E-state index is 0.500. The molecule has 1 N–H and O–H groups in total. The van der Waals surface area contributed by atoms with E-state index >= 15 is 0 Å². The van der Waals surface area contributed by atoms with E-state index in [9.17, 15) is 0 Å². The molecule has 5 nitrogen and oxygen atoms in total. The number of likely N-dealkylation sites (N-methyl/N-ethyl adjacent to an activating group) is 1. The van der Waals surface area contributed by atoms with E-state index in [1.54, 1.807) is 0 Å². The van der Waals surface area contributed by atoms with Crippen LogP contribution in [0.25, 0.3) is 22.3 Å². The molecule has 1 saturated heterocycles. The van der Waals surface area contributed by atoms with Crippen molar-refractivity contribution in [3.63, 3.8) is 0 Å². The summed E-state index contributed by atoms with van der Waals surface area (Å²) in [5.41, 5.74) is 4.33. The Bertz CT molecular complexity index is 884. The molecule has 136 valence electrons. The first kappa shape index (κ1) is 17.0. The van der Waals surface area contributed by atoms with Crippen LogP contribution in [0.15, 0.2) is 36.4 Å². The van der Waals surface area contributed by atoms with E-state index in [0.717, 1.165) is 41.5 Å². The molecule has 5 heteroatoms. The fraction of sp³-hybridized carbons (Fsp3) is 0.429. The molecule has 3 aromatic rings. The lowest BCUT2D eigenvalue weighted by Crippen LogP contribution is -2.46. The monoisotopic (exact) mass is 349 g/mol. The number of nitrogens with zero attached hydrogens (tertiary/aromatic N) is 4. The van der Waals surface area contributed by atoms with Crippen LogP contribution < -0.4 is 4.90 Å². The minimum absolute atomic E-state index is 0.500. The molecule has 1 atom stereocenters. The first-order valence-corrected chi connectivity index (χ1v) is 9.46. The summed E-state index contributed by atoms with van der Waals surface area (Å²) in [4.78, 5) is 17.9. The number of hydrogen-bond acceptors (Lipinski definition) is 4. The van der Waals surface area contributed by atoms with E-state index in [1.165, 1.54) is 24.8 Å². The zero-order valence-electron chi connectivity index (χ0n) is 15.9. The summed E-state index contributed by atoms with van der Waals surface area (Å²) in [5, 5.41) is 0. The number of fused-ring (bicyclic) bond motifs is 1. The maximum atomic E-state index is 4.85. The molecule has 1 fully saturated rings. The minimum Gasteiger partial charge on any atom is -0.350 e. The zero-order chi connectivity index (χ0) is 18.1. The van der Waals surface area contributed by atoms with Crippen LogP contribution in [0.5, 0.6) is 0 Å². The van der Waals surface area contributed by atoms with Crippen LogP contribution in [0.3, 0.4) is 0 Å². The summed E-state index contributed by atoms with van der Waals surface area (Å²) >= 11 is 0. The van der Waals surface area contributed by atoms with E-state index in [2.05, 4.69) is 64.2 Å². The third-order valence-electron chi connectivity index (χ3n) is 5.13. The number of rotatable bonds is 4. The second kappa shape index (κ2) is 7.08. The van der Waals surface area contributed by atoms with Crippen LogP contribution in [0.4, 0.5) is 5.82 Å². The predicted octanol–water partition coefficient (Wildman–Crippen LogP) is 3.85. The zero-order valence-corrected chi connectivity index (χ0v) is 15.9. The average Bonchev–Trinajstić information content (AvgIpc) is 3.06. The summed E-state index contributed by atoms with van der Waals surface area (Å²) in [6.45, 7) is 4.10. The van der Waals surface area contributed by atoms with Crippen LogP contribution in [-0.2, 0) is 0 Å². The van der Waals surface area contributed by atoms with Gasteiger partial charge in [-0.2, -0.15) is 0 Å².